The summed E-state index contributed by atoms with van der Waals surface area (Å²) in [5.74, 6) is 3.74. The summed E-state index contributed by atoms with van der Waals surface area (Å²) in [7, 11) is 0. The number of aliphatic hydroxyl groups is 1. The van der Waals surface area contributed by atoms with Crippen LogP contribution in [0.15, 0.2) is 11.6 Å². The third-order valence-corrected chi connectivity index (χ3v) is 10.1. The summed E-state index contributed by atoms with van der Waals surface area (Å²) in [5, 5.41) is 10.2. The average Bonchev–Trinajstić information content (AvgIpc) is 2.94. The average molecular weight is 371 g/mol. The lowest BCUT2D eigenvalue weighted by Crippen LogP contribution is -2.50. The first kappa shape index (κ1) is 18.4. The SMILES string of the molecule is CC12CCC3C(CC=C4CC(O)CCC43C)C1CC(C1CCCCC1)C2=O. The Labute approximate surface area is 165 Å². The first-order valence-electron chi connectivity index (χ1n) is 11.9. The molecule has 0 aromatic heterocycles. The fourth-order valence-corrected chi connectivity index (χ4v) is 8.45. The molecule has 0 amide bonds. The highest BCUT2D eigenvalue weighted by Gasteiger charge is 2.61. The largest absolute Gasteiger partial charge is 0.393 e. The van der Waals surface area contributed by atoms with E-state index in [4.69, 9.17) is 0 Å². The number of allylic oxidation sites excluding steroid dienone is 1. The Morgan fingerprint density at radius 2 is 1.70 bits per heavy atom. The maximum absolute atomic E-state index is 13.6. The summed E-state index contributed by atoms with van der Waals surface area (Å²) in [6, 6.07) is 0. The molecule has 2 heteroatoms. The van der Waals surface area contributed by atoms with E-state index < -0.39 is 0 Å². The molecule has 0 aromatic rings. The molecule has 0 aromatic carbocycles. The highest BCUT2D eigenvalue weighted by atomic mass is 16.3. The first-order chi connectivity index (χ1) is 12.9. The Kier molecular flexibility index (Phi) is 4.39. The van der Waals surface area contributed by atoms with Crippen LogP contribution in [0.1, 0.15) is 90.9 Å². The first-order valence-corrected chi connectivity index (χ1v) is 11.9. The Morgan fingerprint density at radius 1 is 0.963 bits per heavy atom. The number of carbonyl (C=O) groups is 1. The van der Waals surface area contributed by atoms with E-state index in [1.54, 1.807) is 5.57 Å². The van der Waals surface area contributed by atoms with E-state index in [2.05, 4.69) is 19.9 Å². The Morgan fingerprint density at radius 3 is 2.48 bits per heavy atom. The van der Waals surface area contributed by atoms with Gasteiger partial charge >= 0.3 is 0 Å². The van der Waals surface area contributed by atoms with Gasteiger partial charge in [0.05, 0.1) is 6.10 Å². The van der Waals surface area contributed by atoms with Crippen molar-refractivity contribution in [3.05, 3.63) is 11.6 Å². The number of fused-ring (bicyclic) bond motifs is 5. The molecule has 7 unspecified atom stereocenters. The van der Waals surface area contributed by atoms with Gasteiger partial charge in [-0.15, -0.1) is 0 Å². The van der Waals surface area contributed by atoms with Gasteiger partial charge in [-0.3, -0.25) is 4.79 Å². The maximum atomic E-state index is 13.6. The van der Waals surface area contributed by atoms with Gasteiger partial charge in [0.15, 0.2) is 0 Å². The van der Waals surface area contributed by atoms with Gasteiger partial charge < -0.3 is 5.11 Å². The lowest BCUT2D eigenvalue weighted by atomic mass is 9.48. The Bertz CT molecular complexity index is 645. The standard InChI is InChI=1S/C25H38O2/c1-24-12-10-18(26)14-17(24)8-9-19-21(24)11-13-25(2)22(19)15-20(23(25)27)16-6-4-3-5-7-16/h8,16,18-22,26H,3-7,9-15H2,1-2H3. The van der Waals surface area contributed by atoms with Crippen LogP contribution in [-0.4, -0.2) is 17.0 Å². The molecule has 4 fully saturated rings. The predicted molar refractivity (Wildman–Crippen MR) is 108 cm³/mol. The zero-order chi connectivity index (χ0) is 18.8. The van der Waals surface area contributed by atoms with Crippen LogP contribution in [0.25, 0.3) is 0 Å². The second kappa shape index (κ2) is 6.44. The van der Waals surface area contributed by atoms with E-state index in [0.717, 1.165) is 38.0 Å². The van der Waals surface area contributed by atoms with Crippen molar-refractivity contribution in [2.24, 2.45) is 40.4 Å². The van der Waals surface area contributed by atoms with E-state index >= 15 is 0 Å². The Hall–Kier alpha value is -0.630. The van der Waals surface area contributed by atoms with Gasteiger partial charge in [0.2, 0.25) is 0 Å². The summed E-state index contributed by atoms with van der Waals surface area (Å²) in [6.45, 7) is 4.82. The lowest BCUT2D eigenvalue weighted by molar-refractivity contribution is -0.135. The van der Waals surface area contributed by atoms with Crippen molar-refractivity contribution >= 4 is 5.78 Å². The minimum atomic E-state index is -0.126. The second-order valence-corrected chi connectivity index (χ2v) is 11.2. The number of ketones is 1. The quantitative estimate of drug-likeness (QED) is 0.602. The fraction of sp³-hybridized carbons (Fsp3) is 0.880. The summed E-state index contributed by atoms with van der Waals surface area (Å²) >= 11 is 0. The highest BCUT2D eigenvalue weighted by Crippen LogP contribution is 2.65. The molecule has 27 heavy (non-hydrogen) atoms. The topological polar surface area (TPSA) is 37.3 Å². The van der Waals surface area contributed by atoms with Crippen molar-refractivity contribution in [2.75, 3.05) is 0 Å². The third-order valence-electron chi connectivity index (χ3n) is 10.1. The van der Waals surface area contributed by atoms with Crippen molar-refractivity contribution < 1.29 is 9.90 Å². The zero-order valence-corrected chi connectivity index (χ0v) is 17.4. The van der Waals surface area contributed by atoms with Gasteiger partial charge in [-0.25, -0.2) is 0 Å². The third kappa shape index (κ3) is 2.65. The smallest absolute Gasteiger partial charge is 0.142 e. The number of carbonyl (C=O) groups excluding carboxylic acids is 1. The number of hydrogen-bond donors (Lipinski definition) is 1. The predicted octanol–water partition coefficient (Wildman–Crippen LogP) is 5.69. The fourth-order valence-electron chi connectivity index (χ4n) is 8.45. The van der Waals surface area contributed by atoms with Crippen LogP contribution >= 0.6 is 0 Å². The molecular weight excluding hydrogens is 332 g/mol. The molecule has 0 heterocycles. The van der Waals surface area contributed by atoms with E-state index in [9.17, 15) is 9.90 Å². The van der Waals surface area contributed by atoms with Crippen molar-refractivity contribution in [2.45, 2.75) is 97.0 Å². The molecule has 7 atom stereocenters. The monoisotopic (exact) mass is 370 g/mol. The number of hydrogen-bond acceptors (Lipinski definition) is 2. The van der Waals surface area contributed by atoms with Crippen molar-refractivity contribution in [1.82, 2.24) is 0 Å². The van der Waals surface area contributed by atoms with Crippen LogP contribution in [0.5, 0.6) is 0 Å². The molecule has 5 aliphatic carbocycles. The lowest BCUT2D eigenvalue weighted by Gasteiger charge is -2.56. The van der Waals surface area contributed by atoms with Gasteiger partial charge in [0.25, 0.3) is 0 Å². The van der Waals surface area contributed by atoms with E-state index in [1.165, 1.54) is 44.9 Å². The highest BCUT2D eigenvalue weighted by molar-refractivity contribution is 5.89. The van der Waals surface area contributed by atoms with E-state index in [0.29, 0.717) is 29.5 Å². The van der Waals surface area contributed by atoms with Crippen LogP contribution in [0.2, 0.25) is 0 Å². The van der Waals surface area contributed by atoms with E-state index in [1.807, 2.05) is 0 Å². The van der Waals surface area contributed by atoms with Gasteiger partial charge in [0.1, 0.15) is 5.78 Å². The normalized spacial score (nSPS) is 50.6. The van der Waals surface area contributed by atoms with Crippen LogP contribution in [0, 0.1) is 40.4 Å². The Balaban J connectivity index is 1.43. The molecule has 5 rings (SSSR count). The minimum Gasteiger partial charge on any atom is -0.393 e. The summed E-state index contributed by atoms with van der Waals surface area (Å²) in [6.07, 6.45) is 16.7. The van der Waals surface area contributed by atoms with Crippen molar-refractivity contribution in [3.63, 3.8) is 0 Å². The van der Waals surface area contributed by atoms with Crippen LogP contribution < -0.4 is 0 Å². The number of aliphatic hydroxyl groups excluding tert-OH is 1. The van der Waals surface area contributed by atoms with Gasteiger partial charge in [-0.2, -0.15) is 0 Å². The van der Waals surface area contributed by atoms with Crippen LogP contribution in [0.4, 0.5) is 0 Å². The summed E-state index contributed by atoms with van der Waals surface area (Å²) in [4.78, 5) is 13.6. The molecule has 2 nitrogen and oxygen atoms in total. The van der Waals surface area contributed by atoms with Gasteiger partial charge in [-0.05, 0) is 86.9 Å². The summed E-state index contributed by atoms with van der Waals surface area (Å²) in [5.41, 5.74) is 1.79. The van der Waals surface area contributed by atoms with Gasteiger partial charge in [0, 0.05) is 11.3 Å². The van der Waals surface area contributed by atoms with Crippen molar-refractivity contribution in [3.8, 4) is 0 Å². The maximum Gasteiger partial charge on any atom is 0.142 e. The van der Waals surface area contributed by atoms with Gasteiger partial charge in [-0.1, -0.05) is 44.8 Å². The second-order valence-electron chi connectivity index (χ2n) is 11.2. The molecule has 150 valence electrons. The van der Waals surface area contributed by atoms with E-state index in [-0.39, 0.29) is 16.9 Å². The molecule has 1 N–H and O–H groups in total. The number of Topliss-reactive ketones (excluding diaryl/α,β-unsaturated/α-hetero) is 1. The van der Waals surface area contributed by atoms with Crippen LogP contribution in [-0.2, 0) is 4.79 Å². The molecule has 5 aliphatic rings. The molecule has 0 aliphatic heterocycles. The molecule has 0 radical (unpaired) electrons. The number of rotatable bonds is 1. The summed E-state index contributed by atoms with van der Waals surface area (Å²) < 4.78 is 0. The van der Waals surface area contributed by atoms with Crippen LogP contribution in [0.3, 0.4) is 0 Å². The minimum absolute atomic E-state index is 0.0425. The molecule has 0 spiro atoms. The molecule has 0 saturated heterocycles. The van der Waals surface area contributed by atoms with Crippen molar-refractivity contribution in [1.29, 1.82) is 0 Å². The molecular formula is C25H38O2. The molecule has 4 saturated carbocycles. The molecule has 0 bridgehead atoms. The zero-order valence-electron chi connectivity index (χ0n) is 17.4.